The molecule has 0 aliphatic heterocycles. The van der Waals surface area contributed by atoms with Crippen LogP contribution in [0.1, 0.15) is 0 Å². The molecule has 22 aromatic rings. The van der Waals surface area contributed by atoms with Crippen molar-refractivity contribution in [2.24, 2.45) is 0 Å². The van der Waals surface area contributed by atoms with Crippen LogP contribution in [0, 0.1) is 0 Å². The van der Waals surface area contributed by atoms with E-state index in [4.69, 9.17) is 19.9 Å². The molecule has 8 nitrogen and oxygen atoms in total. The number of hydrogen-bond acceptors (Lipinski definition) is 6. The van der Waals surface area contributed by atoms with Gasteiger partial charge in [-0.2, -0.15) is 0 Å². The zero-order valence-corrected chi connectivity index (χ0v) is 56.4. The molecule has 0 unspecified atom stereocenters. The van der Waals surface area contributed by atoms with Gasteiger partial charge >= 0.3 is 0 Å². The SMILES string of the molecule is c1ccc(-c2cc(-c3ccc4sc5ccccc5c4c3)nc(-n3c4ccccc4c4cc5c6ccccc6n(-c6ccccc6)c5cc43)n2)cc1.c1ccc(-c2cc(-c3cccc4sc5ccccc5c34)nc(-n3c4ccccc4c4cc5c6ccccc6n(-c6ccccc6)c5cc43)n2)cc1. The topological polar surface area (TPSA) is 71.3 Å². The van der Waals surface area contributed by atoms with E-state index in [1.165, 1.54) is 94.5 Å². The molecule has 0 aliphatic rings. The van der Waals surface area contributed by atoms with Gasteiger partial charge in [-0.05, 0) is 115 Å². The van der Waals surface area contributed by atoms with Gasteiger partial charge in [-0.3, -0.25) is 9.13 Å². The molecule has 8 heterocycles. The Balaban J connectivity index is 0.000000133. The summed E-state index contributed by atoms with van der Waals surface area (Å²) in [7, 11) is 0. The highest BCUT2D eigenvalue weighted by atomic mass is 32.1. The molecular formula is C92H56N8S2. The number of para-hydroxylation sites is 6. The van der Waals surface area contributed by atoms with Crippen molar-refractivity contribution in [3.05, 3.63) is 340 Å². The smallest absolute Gasteiger partial charge is 0.235 e. The maximum Gasteiger partial charge on any atom is 0.235 e. The first-order chi connectivity index (χ1) is 50.6. The molecule has 0 saturated carbocycles. The van der Waals surface area contributed by atoms with Gasteiger partial charge in [0.25, 0.3) is 0 Å². The average Bonchev–Trinajstić information content (AvgIpc) is 1.56. The number of nitrogens with zero attached hydrogens (tertiary/aromatic N) is 8. The number of fused-ring (bicyclic) bond motifs is 18. The Morgan fingerprint density at radius 1 is 0.196 bits per heavy atom. The van der Waals surface area contributed by atoms with Crippen LogP contribution in [0.2, 0.25) is 0 Å². The Kier molecular flexibility index (Phi) is 13.2. The lowest BCUT2D eigenvalue weighted by Crippen LogP contribution is -2.04. The molecule has 22 rings (SSSR count). The Morgan fingerprint density at radius 3 is 1.05 bits per heavy atom. The maximum absolute atomic E-state index is 5.46. The third-order valence-electron chi connectivity index (χ3n) is 20.3. The van der Waals surface area contributed by atoms with Gasteiger partial charge in [0.05, 0.1) is 66.9 Å². The third kappa shape index (κ3) is 9.20. The van der Waals surface area contributed by atoms with Crippen molar-refractivity contribution in [1.29, 1.82) is 0 Å². The van der Waals surface area contributed by atoms with Crippen LogP contribution in [0.15, 0.2) is 340 Å². The maximum atomic E-state index is 5.46. The fourth-order valence-corrected chi connectivity index (χ4v) is 18.0. The minimum absolute atomic E-state index is 0.648. The molecule has 476 valence electrons. The summed E-state index contributed by atoms with van der Waals surface area (Å²) in [5, 5.41) is 14.6. The monoisotopic (exact) mass is 1340 g/mol. The van der Waals surface area contributed by atoms with Crippen molar-refractivity contribution in [3.8, 4) is 68.3 Å². The van der Waals surface area contributed by atoms with Crippen molar-refractivity contribution < 1.29 is 0 Å². The van der Waals surface area contributed by atoms with E-state index >= 15 is 0 Å². The first kappa shape index (κ1) is 57.9. The van der Waals surface area contributed by atoms with Gasteiger partial charge in [-0.25, -0.2) is 19.9 Å². The minimum Gasteiger partial charge on any atom is -0.309 e. The Labute approximate surface area is 592 Å². The van der Waals surface area contributed by atoms with Crippen molar-refractivity contribution in [2.45, 2.75) is 0 Å². The highest BCUT2D eigenvalue weighted by molar-refractivity contribution is 7.26. The largest absolute Gasteiger partial charge is 0.309 e. The molecule has 0 radical (unpaired) electrons. The summed E-state index contributed by atoms with van der Waals surface area (Å²) < 4.78 is 14.4. The quantitative estimate of drug-likeness (QED) is 0.152. The van der Waals surface area contributed by atoms with Gasteiger partial charge in [-0.15, -0.1) is 22.7 Å². The molecule has 14 aromatic carbocycles. The first-order valence-corrected chi connectivity index (χ1v) is 36.0. The van der Waals surface area contributed by atoms with Crippen LogP contribution >= 0.6 is 22.7 Å². The van der Waals surface area contributed by atoms with E-state index in [1.54, 1.807) is 0 Å². The summed E-state index contributed by atoms with van der Waals surface area (Å²) in [6.45, 7) is 0. The van der Waals surface area contributed by atoms with E-state index in [9.17, 15) is 0 Å². The fraction of sp³-hybridized carbons (Fsp3) is 0. The molecule has 0 N–H and O–H groups in total. The molecule has 0 amide bonds. The van der Waals surface area contributed by atoms with Gasteiger partial charge in [0.15, 0.2) is 0 Å². The van der Waals surface area contributed by atoms with E-state index in [1.807, 2.05) is 28.7 Å². The van der Waals surface area contributed by atoms with Gasteiger partial charge < -0.3 is 9.13 Å². The predicted molar refractivity (Wildman–Crippen MR) is 429 cm³/mol. The van der Waals surface area contributed by atoms with Crippen LogP contribution < -0.4 is 0 Å². The molecule has 0 aliphatic carbocycles. The summed E-state index contributed by atoms with van der Waals surface area (Å²) in [5.74, 6) is 1.30. The van der Waals surface area contributed by atoms with Crippen LogP contribution in [0.5, 0.6) is 0 Å². The van der Waals surface area contributed by atoms with E-state index in [0.29, 0.717) is 11.9 Å². The number of thiophene rings is 2. The minimum atomic E-state index is 0.648. The Bertz CT molecular complexity index is 7120. The number of rotatable bonds is 8. The van der Waals surface area contributed by atoms with Crippen LogP contribution in [0.25, 0.3) is 196 Å². The second-order valence-electron chi connectivity index (χ2n) is 26.0. The standard InChI is InChI=1S/2C46H28N4S/c1-3-14-29(15-4-1)37-27-38(33-21-13-25-44-45(33)34-20-9-12-24-43(34)51-44)48-46(47-37)50-40-23-11-8-19-32(40)36-26-35-31-18-7-10-22-39(31)49(41(35)28-42(36)50)30-16-5-2-6-17-30;1-3-13-29(14-4-1)38-27-39(30-23-24-45-37(25-30)34-19-9-12-22-44(34)51-45)48-46(47-38)50-41-21-11-8-18-33(41)36-26-35-32-17-7-10-20-40(32)49(42(35)28-43(36)50)31-15-5-2-6-16-31/h2*1-28H. The number of hydrogen-bond donors (Lipinski definition) is 0. The molecule has 0 saturated heterocycles. The lowest BCUT2D eigenvalue weighted by Gasteiger charge is -2.13. The highest BCUT2D eigenvalue weighted by Crippen LogP contribution is 2.45. The highest BCUT2D eigenvalue weighted by Gasteiger charge is 2.25. The van der Waals surface area contributed by atoms with Crippen molar-refractivity contribution in [2.75, 3.05) is 0 Å². The summed E-state index contributed by atoms with van der Waals surface area (Å²) in [6, 6.07) is 121. The normalized spacial score (nSPS) is 11.9. The van der Waals surface area contributed by atoms with Crippen molar-refractivity contribution in [1.82, 2.24) is 38.2 Å². The second-order valence-corrected chi connectivity index (χ2v) is 28.2. The molecule has 102 heavy (non-hydrogen) atoms. The molecular weight excluding hydrogens is 1280 g/mol. The number of benzene rings is 14. The van der Waals surface area contributed by atoms with Gasteiger partial charge in [-0.1, -0.05) is 224 Å². The van der Waals surface area contributed by atoms with E-state index < -0.39 is 0 Å². The third-order valence-corrected chi connectivity index (χ3v) is 22.6. The first-order valence-electron chi connectivity index (χ1n) is 34.3. The van der Waals surface area contributed by atoms with Crippen molar-refractivity contribution >= 4 is 150 Å². The van der Waals surface area contributed by atoms with Crippen LogP contribution in [-0.2, 0) is 0 Å². The molecule has 0 bridgehead atoms. The van der Waals surface area contributed by atoms with Crippen LogP contribution in [0.3, 0.4) is 0 Å². The molecule has 0 fully saturated rings. The molecule has 0 atom stereocenters. The summed E-state index contributed by atoms with van der Waals surface area (Å²) in [4.78, 5) is 21.5. The van der Waals surface area contributed by atoms with Gasteiger partial charge in [0.1, 0.15) is 0 Å². The van der Waals surface area contributed by atoms with Gasteiger partial charge in [0, 0.05) is 117 Å². The second kappa shape index (κ2) is 23.3. The fourth-order valence-electron chi connectivity index (χ4n) is 15.7. The van der Waals surface area contributed by atoms with Crippen LogP contribution in [-0.4, -0.2) is 38.2 Å². The van der Waals surface area contributed by atoms with E-state index in [0.717, 1.165) is 89.5 Å². The number of aromatic nitrogens is 8. The average molecular weight is 1340 g/mol. The zero-order valence-electron chi connectivity index (χ0n) is 54.7. The molecule has 8 aromatic heterocycles. The lowest BCUT2D eigenvalue weighted by atomic mass is 10.0. The molecule has 10 heteroatoms. The lowest BCUT2D eigenvalue weighted by molar-refractivity contribution is 0.995. The summed E-state index contributed by atoms with van der Waals surface area (Å²) in [6.07, 6.45) is 0. The summed E-state index contributed by atoms with van der Waals surface area (Å²) >= 11 is 3.66. The Hall–Kier alpha value is -13.1. The van der Waals surface area contributed by atoms with Gasteiger partial charge in [0.2, 0.25) is 11.9 Å². The molecule has 0 spiro atoms. The summed E-state index contributed by atoms with van der Waals surface area (Å²) in [5.41, 5.74) is 19.1. The van der Waals surface area contributed by atoms with E-state index in [-0.39, 0.29) is 0 Å². The predicted octanol–water partition coefficient (Wildman–Crippen LogP) is 24.7. The van der Waals surface area contributed by atoms with Crippen LogP contribution in [0.4, 0.5) is 0 Å². The zero-order chi connectivity index (χ0) is 66.9. The van der Waals surface area contributed by atoms with E-state index in [2.05, 4.69) is 352 Å². The van der Waals surface area contributed by atoms with Crippen molar-refractivity contribution in [3.63, 3.8) is 0 Å². The Morgan fingerprint density at radius 2 is 0.549 bits per heavy atom.